The Morgan fingerprint density at radius 2 is 1.97 bits per heavy atom. The Bertz CT molecular complexity index is 1250. The topological polar surface area (TPSA) is 93.8 Å². The summed E-state index contributed by atoms with van der Waals surface area (Å²) in [4.78, 5) is 25.1. The number of aryl methyl sites for hydroxylation is 1. The van der Waals surface area contributed by atoms with Crippen LogP contribution in [0.2, 0.25) is 0 Å². The molecule has 0 atom stereocenters. The van der Waals surface area contributed by atoms with Gasteiger partial charge in [0.25, 0.3) is 0 Å². The third-order valence-corrected chi connectivity index (χ3v) is 6.56. The van der Waals surface area contributed by atoms with E-state index in [4.69, 9.17) is 4.98 Å². The Kier molecular flexibility index (Phi) is 5.84. The molecular formula is C21H18FN5O2S2. The molecule has 0 saturated carbocycles. The van der Waals surface area contributed by atoms with E-state index in [1.54, 1.807) is 43.2 Å². The molecule has 0 bridgehead atoms. The zero-order valence-corrected chi connectivity index (χ0v) is 18.5. The van der Waals surface area contributed by atoms with Crippen molar-refractivity contribution in [3.63, 3.8) is 0 Å². The molecule has 0 saturated heterocycles. The molecule has 0 aliphatic rings. The summed E-state index contributed by atoms with van der Waals surface area (Å²) in [7, 11) is 0. The quantitative estimate of drug-likeness (QED) is 0.404. The number of rotatable bonds is 6. The van der Waals surface area contributed by atoms with Crippen LogP contribution in [0.5, 0.6) is 0 Å². The Balaban J connectivity index is 1.92. The number of hydrogen-bond acceptors (Lipinski definition) is 7. The van der Waals surface area contributed by atoms with E-state index in [2.05, 4.69) is 28.9 Å². The van der Waals surface area contributed by atoms with Crippen molar-refractivity contribution in [2.45, 2.75) is 30.2 Å². The van der Waals surface area contributed by atoms with E-state index in [1.807, 2.05) is 0 Å². The van der Waals surface area contributed by atoms with Crippen molar-refractivity contribution in [1.29, 1.82) is 0 Å². The van der Waals surface area contributed by atoms with Gasteiger partial charge >= 0.3 is 5.97 Å². The van der Waals surface area contributed by atoms with Crippen LogP contribution >= 0.6 is 23.1 Å². The van der Waals surface area contributed by atoms with Crippen molar-refractivity contribution in [1.82, 2.24) is 24.7 Å². The SMILES string of the molecule is Cc1nn(-c2nc(-c3cncnc3)c(SC(C)C)s2)c(C(=O)O)c1-c1cccc(F)c1. The highest BCUT2D eigenvalue weighted by Gasteiger charge is 2.27. The van der Waals surface area contributed by atoms with Gasteiger partial charge in [-0.3, -0.25) is 0 Å². The molecule has 4 rings (SSSR count). The van der Waals surface area contributed by atoms with E-state index >= 15 is 0 Å². The second-order valence-electron chi connectivity index (χ2n) is 6.96. The second-order valence-corrected chi connectivity index (χ2v) is 9.79. The molecule has 0 aliphatic carbocycles. The summed E-state index contributed by atoms with van der Waals surface area (Å²) < 4.78 is 16.0. The minimum Gasteiger partial charge on any atom is -0.476 e. The van der Waals surface area contributed by atoms with Crippen LogP contribution in [0.25, 0.3) is 27.5 Å². The summed E-state index contributed by atoms with van der Waals surface area (Å²) in [6.45, 7) is 5.84. The summed E-state index contributed by atoms with van der Waals surface area (Å²) in [6.07, 6.45) is 4.78. The number of carboxylic acid groups (broad SMARTS) is 1. The van der Waals surface area contributed by atoms with Gasteiger partial charge in [-0.15, -0.1) is 11.8 Å². The van der Waals surface area contributed by atoms with Gasteiger partial charge in [0.1, 0.15) is 17.8 Å². The van der Waals surface area contributed by atoms with Crippen molar-refractivity contribution in [2.75, 3.05) is 0 Å². The zero-order chi connectivity index (χ0) is 22.1. The summed E-state index contributed by atoms with van der Waals surface area (Å²) in [5.41, 5.74) is 2.64. The van der Waals surface area contributed by atoms with Crippen molar-refractivity contribution in [2.24, 2.45) is 0 Å². The fraction of sp³-hybridized carbons (Fsp3) is 0.190. The molecule has 31 heavy (non-hydrogen) atoms. The van der Waals surface area contributed by atoms with Crippen molar-refractivity contribution in [3.8, 4) is 27.5 Å². The van der Waals surface area contributed by atoms with Gasteiger partial charge in [-0.1, -0.05) is 37.3 Å². The lowest BCUT2D eigenvalue weighted by Gasteiger charge is -2.04. The molecule has 0 unspecified atom stereocenters. The van der Waals surface area contributed by atoms with Crippen LogP contribution in [0.1, 0.15) is 30.0 Å². The Morgan fingerprint density at radius 1 is 1.23 bits per heavy atom. The third-order valence-electron chi connectivity index (χ3n) is 4.32. The number of thioether (sulfide) groups is 1. The smallest absolute Gasteiger partial charge is 0.355 e. The van der Waals surface area contributed by atoms with E-state index in [1.165, 1.54) is 34.5 Å². The summed E-state index contributed by atoms with van der Waals surface area (Å²) in [6, 6.07) is 5.82. The first kappa shape index (κ1) is 21.1. The molecule has 0 spiro atoms. The highest BCUT2D eigenvalue weighted by molar-refractivity contribution is 8.01. The number of halogens is 1. The maximum Gasteiger partial charge on any atom is 0.355 e. The minimum atomic E-state index is -1.17. The van der Waals surface area contributed by atoms with Gasteiger partial charge in [0, 0.05) is 28.8 Å². The molecule has 10 heteroatoms. The van der Waals surface area contributed by atoms with Crippen LogP contribution < -0.4 is 0 Å². The number of carboxylic acids is 1. The summed E-state index contributed by atoms with van der Waals surface area (Å²) in [5, 5.41) is 15.1. The van der Waals surface area contributed by atoms with Gasteiger partial charge in [0.05, 0.1) is 9.90 Å². The van der Waals surface area contributed by atoms with Gasteiger partial charge in [-0.2, -0.15) is 9.78 Å². The third kappa shape index (κ3) is 4.21. The van der Waals surface area contributed by atoms with Gasteiger partial charge in [-0.05, 0) is 24.6 Å². The summed E-state index contributed by atoms with van der Waals surface area (Å²) >= 11 is 2.97. The number of benzene rings is 1. The van der Waals surface area contributed by atoms with Gasteiger partial charge in [0.2, 0.25) is 5.13 Å². The maximum absolute atomic E-state index is 13.8. The van der Waals surface area contributed by atoms with E-state index < -0.39 is 11.8 Å². The second kappa shape index (κ2) is 8.56. The average Bonchev–Trinajstić information content (AvgIpc) is 3.29. The van der Waals surface area contributed by atoms with Crippen molar-refractivity contribution < 1.29 is 14.3 Å². The highest BCUT2D eigenvalue weighted by Crippen LogP contribution is 2.40. The van der Waals surface area contributed by atoms with Crippen LogP contribution in [-0.2, 0) is 0 Å². The molecule has 0 aliphatic heterocycles. The molecule has 4 aromatic rings. The van der Waals surface area contributed by atoms with E-state index in [0.29, 0.717) is 27.6 Å². The van der Waals surface area contributed by atoms with Crippen LogP contribution in [0, 0.1) is 12.7 Å². The van der Waals surface area contributed by atoms with E-state index in [-0.39, 0.29) is 10.9 Å². The Labute approximate surface area is 186 Å². The number of thiazole rings is 1. The lowest BCUT2D eigenvalue weighted by atomic mass is 10.0. The first-order valence-electron chi connectivity index (χ1n) is 9.37. The summed E-state index contributed by atoms with van der Waals surface area (Å²) in [5.74, 6) is -1.62. The Hall–Kier alpha value is -3.11. The first-order chi connectivity index (χ1) is 14.8. The van der Waals surface area contributed by atoms with Gasteiger partial charge < -0.3 is 5.11 Å². The van der Waals surface area contributed by atoms with Crippen LogP contribution in [0.3, 0.4) is 0 Å². The maximum atomic E-state index is 13.8. The molecule has 1 aromatic carbocycles. The van der Waals surface area contributed by atoms with Gasteiger partial charge in [-0.25, -0.2) is 24.1 Å². The number of aromatic carboxylic acids is 1. The zero-order valence-electron chi connectivity index (χ0n) is 16.9. The van der Waals surface area contributed by atoms with E-state index in [0.717, 1.165) is 9.77 Å². The largest absolute Gasteiger partial charge is 0.476 e. The molecule has 158 valence electrons. The van der Waals surface area contributed by atoms with Crippen molar-refractivity contribution in [3.05, 3.63) is 60.2 Å². The molecule has 7 nitrogen and oxygen atoms in total. The fourth-order valence-corrected chi connectivity index (χ4v) is 5.61. The lowest BCUT2D eigenvalue weighted by molar-refractivity contribution is 0.0688. The Morgan fingerprint density at radius 3 is 2.61 bits per heavy atom. The van der Waals surface area contributed by atoms with Gasteiger partial charge in [0.15, 0.2) is 5.69 Å². The fourth-order valence-electron chi connectivity index (χ4n) is 3.14. The predicted molar refractivity (Wildman–Crippen MR) is 118 cm³/mol. The minimum absolute atomic E-state index is 0.0613. The first-order valence-corrected chi connectivity index (χ1v) is 11.1. The number of hydrogen-bond donors (Lipinski definition) is 1. The monoisotopic (exact) mass is 455 g/mol. The molecule has 0 radical (unpaired) electrons. The van der Waals surface area contributed by atoms with Crippen LogP contribution in [0.15, 0.2) is 47.2 Å². The molecule has 3 aromatic heterocycles. The molecular weight excluding hydrogens is 437 g/mol. The average molecular weight is 456 g/mol. The molecule has 1 N–H and O–H groups in total. The molecule has 0 amide bonds. The number of aromatic nitrogens is 5. The molecule has 0 fully saturated rings. The predicted octanol–water partition coefficient (Wildman–Crippen LogP) is 5.10. The standard InChI is InChI=1S/C21H18FN5O2S2/c1-11(2)30-20-17(14-8-23-10-24-9-14)25-21(31-20)27-18(19(28)29)16(12(3)26-27)13-5-4-6-15(22)7-13/h4-11H,1-3H3,(H,28,29). The van der Waals surface area contributed by atoms with Crippen LogP contribution in [0.4, 0.5) is 4.39 Å². The van der Waals surface area contributed by atoms with Crippen LogP contribution in [-0.4, -0.2) is 41.1 Å². The number of carbonyl (C=O) groups is 1. The molecule has 3 heterocycles. The lowest BCUT2D eigenvalue weighted by Crippen LogP contribution is -2.09. The normalized spacial score (nSPS) is 11.3. The highest BCUT2D eigenvalue weighted by atomic mass is 32.2. The van der Waals surface area contributed by atoms with Crippen molar-refractivity contribution >= 4 is 29.1 Å². The number of nitrogens with zero attached hydrogens (tertiary/aromatic N) is 5. The van der Waals surface area contributed by atoms with E-state index in [9.17, 15) is 14.3 Å².